The monoisotopic (exact) mass is 276 g/mol. The van der Waals surface area contributed by atoms with E-state index in [1.165, 1.54) is 25.1 Å². The first-order chi connectivity index (χ1) is 9.74. The lowest BCUT2D eigenvalue weighted by atomic mass is 10.1. The number of halogens is 1. The third-order valence-electron chi connectivity index (χ3n) is 3.65. The van der Waals surface area contributed by atoms with Crippen LogP contribution in [-0.4, -0.2) is 11.3 Å². The van der Waals surface area contributed by atoms with Crippen LogP contribution >= 0.6 is 0 Å². The lowest BCUT2D eigenvalue weighted by Gasteiger charge is -2.13. The molecule has 0 spiro atoms. The van der Waals surface area contributed by atoms with Crippen molar-refractivity contribution in [2.24, 2.45) is 0 Å². The Morgan fingerprint density at radius 3 is 2.80 bits per heavy atom. The number of nitrogens with zero attached hydrogens (tertiary/aromatic N) is 1. The van der Waals surface area contributed by atoms with Crippen molar-refractivity contribution in [1.82, 2.24) is 5.16 Å². The Bertz CT molecular complexity index is 591. The predicted molar refractivity (Wildman–Crippen MR) is 73.6 cm³/mol. The SMILES string of the molecule is Cc1oncc1-c1cc(NOC2CCCC2)ccc1F. The molecule has 0 amide bonds. The van der Waals surface area contributed by atoms with E-state index < -0.39 is 0 Å². The zero-order valence-electron chi connectivity index (χ0n) is 11.4. The van der Waals surface area contributed by atoms with Crippen LogP contribution in [-0.2, 0) is 4.84 Å². The Morgan fingerprint density at radius 2 is 2.10 bits per heavy atom. The highest BCUT2D eigenvalue weighted by atomic mass is 19.1. The molecule has 1 aliphatic rings. The minimum Gasteiger partial charge on any atom is -0.361 e. The largest absolute Gasteiger partial charge is 0.361 e. The fourth-order valence-electron chi connectivity index (χ4n) is 2.51. The van der Waals surface area contributed by atoms with Crippen molar-refractivity contribution < 1.29 is 13.8 Å². The summed E-state index contributed by atoms with van der Waals surface area (Å²) in [5, 5.41) is 3.68. The van der Waals surface area contributed by atoms with Gasteiger partial charge in [0, 0.05) is 11.1 Å². The zero-order chi connectivity index (χ0) is 13.9. The van der Waals surface area contributed by atoms with Crippen molar-refractivity contribution in [3.8, 4) is 11.1 Å². The van der Waals surface area contributed by atoms with E-state index in [2.05, 4.69) is 10.6 Å². The Kier molecular flexibility index (Phi) is 3.69. The van der Waals surface area contributed by atoms with E-state index in [1.807, 2.05) is 0 Å². The lowest BCUT2D eigenvalue weighted by Crippen LogP contribution is -2.12. The molecule has 1 N–H and O–H groups in total. The van der Waals surface area contributed by atoms with Gasteiger partial charge in [-0.2, -0.15) is 0 Å². The highest BCUT2D eigenvalue weighted by molar-refractivity contribution is 5.69. The standard InChI is InChI=1S/C15H17FN2O2/c1-10-14(9-17-19-10)13-8-11(6-7-15(13)16)18-20-12-4-2-3-5-12/h6-9,12,18H,2-5H2,1H3. The number of benzene rings is 1. The second-order valence-corrected chi connectivity index (χ2v) is 5.12. The van der Waals surface area contributed by atoms with Crippen LogP contribution < -0.4 is 5.48 Å². The lowest BCUT2D eigenvalue weighted by molar-refractivity contribution is 0.106. The van der Waals surface area contributed by atoms with Crippen LogP contribution in [0.4, 0.5) is 10.1 Å². The molecular formula is C15H17FN2O2. The fourth-order valence-corrected chi connectivity index (χ4v) is 2.51. The molecular weight excluding hydrogens is 259 g/mol. The molecule has 0 radical (unpaired) electrons. The number of aromatic nitrogens is 1. The second-order valence-electron chi connectivity index (χ2n) is 5.12. The number of anilines is 1. The minimum atomic E-state index is -0.303. The zero-order valence-corrected chi connectivity index (χ0v) is 11.4. The summed E-state index contributed by atoms with van der Waals surface area (Å²) in [4.78, 5) is 5.62. The van der Waals surface area contributed by atoms with E-state index in [0.717, 1.165) is 18.5 Å². The van der Waals surface area contributed by atoms with Crippen molar-refractivity contribution in [2.75, 3.05) is 5.48 Å². The maximum atomic E-state index is 13.9. The summed E-state index contributed by atoms with van der Waals surface area (Å²) in [6.07, 6.45) is 6.34. The Hall–Kier alpha value is -1.88. The van der Waals surface area contributed by atoms with Crippen LogP contribution in [0.1, 0.15) is 31.4 Å². The molecule has 0 atom stereocenters. The van der Waals surface area contributed by atoms with Gasteiger partial charge in [0.2, 0.25) is 0 Å². The van der Waals surface area contributed by atoms with Gasteiger partial charge in [-0.1, -0.05) is 18.0 Å². The van der Waals surface area contributed by atoms with Crippen LogP contribution in [0, 0.1) is 12.7 Å². The van der Waals surface area contributed by atoms with Crippen molar-refractivity contribution in [3.63, 3.8) is 0 Å². The number of aryl methyl sites for hydroxylation is 1. The van der Waals surface area contributed by atoms with Gasteiger partial charge < -0.3 is 4.52 Å². The molecule has 3 rings (SSSR count). The Labute approximate surface area is 116 Å². The van der Waals surface area contributed by atoms with Gasteiger partial charge in [-0.15, -0.1) is 0 Å². The van der Waals surface area contributed by atoms with Gasteiger partial charge in [0.15, 0.2) is 0 Å². The molecule has 5 heteroatoms. The highest BCUT2D eigenvalue weighted by Crippen LogP contribution is 2.29. The molecule has 1 aliphatic carbocycles. The van der Waals surface area contributed by atoms with Gasteiger partial charge in [-0.05, 0) is 38.0 Å². The summed E-state index contributed by atoms with van der Waals surface area (Å²) in [6.45, 7) is 1.76. The number of hydrogen-bond donors (Lipinski definition) is 1. The average molecular weight is 276 g/mol. The van der Waals surface area contributed by atoms with Crippen LogP contribution in [0.2, 0.25) is 0 Å². The van der Waals surface area contributed by atoms with Crippen molar-refractivity contribution in [3.05, 3.63) is 36.0 Å². The molecule has 4 nitrogen and oxygen atoms in total. The van der Waals surface area contributed by atoms with Crippen molar-refractivity contribution >= 4 is 5.69 Å². The molecule has 0 bridgehead atoms. The quantitative estimate of drug-likeness (QED) is 0.855. The van der Waals surface area contributed by atoms with E-state index >= 15 is 0 Å². The van der Waals surface area contributed by atoms with Crippen LogP contribution in [0.25, 0.3) is 11.1 Å². The summed E-state index contributed by atoms with van der Waals surface area (Å²) < 4.78 is 18.9. The minimum absolute atomic E-state index is 0.251. The molecule has 0 aliphatic heterocycles. The molecule has 1 aromatic heterocycles. The van der Waals surface area contributed by atoms with Crippen LogP contribution in [0.15, 0.2) is 28.9 Å². The Balaban J connectivity index is 1.78. The first-order valence-electron chi connectivity index (χ1n) is 6.87. The van der Waals surface area contributed by atoms with E-state index in [-0.39, 0.29) is 11.9 Å². The molecule has 1 aromatic carbocycles. The van der Waals surface area contributed by atoms with Crippen LogP contribution in [0.3, 0.4) is 0 Å². The summed E-state index contributed by atoms with van der Waals surface area (Å²) in [6, 6.07) is 4.79. The van der Waals surface area contributed by atoms with Gasteiger partial charge in [-0.25, -0.2) is 4.39 Å². The topological polar surface area (TPSA) is 47.3 Å². The van der Waals surface area contributed by atoms with Gasteiger partial charge in [0.1, 0.15) is 11.6 Å². The Morgan fingerprint density at radius 1 is 1.30 bits per heavy atom. The van der Waals surface area contributed by atoms with Gasteiger partial charge in [0.05, 0.1) is 18.0 Å². The molecule has 1 saturated carbocycles. The number of hydrogen-bond acceptors (Lipinski definition) is 4. The predicted octanol–water partition coefficient (Wildman–Crippen LogP) is 4.08. The summed E-state index contributed by atoms with van der Waals surface area (Å²) in [5.41, 5.74) is 4.77. The van der Waals surface area contributed by atoms with E-state index in [0.29, 0.717) is 16.9 Å². The molecule has 0 saturated heterocycles. The maximum Gasteiger partial charge on any atom is 0.141 e. The first kappa shape index (κ1) is 13.1. The number of nitrogens with one attached hydrogen (secondary N) is 1. The smallest absolute Gasteiger partial charge is 0.141 e. The summed E-state index contributed by atoms with van der Waals surface area (Å²) in [5.74, 6) is 0.292. The maximum absolute atomic E-state index is 13.9. The molecule has 106 valence electrons. The van der Waals surface area contributed by atoms with Gasteiger partial charge >= 0.3 is 0 Å². The van der Waals surface area contributed by atoms with E-state index in [9.17, 15) is 4.39 Å². The van der Waals surface area contributed by atoms with Crippen LogP contribution in [0.5, 0.6) is 0 Å². The van der Waals surface area contributed by atoms with Gasteiger partial charge in [-0.3, -0.25) is 10.3 Å². The third-order valence-corrected chi connectivity index (χ3v) is 3.65. The summed E-state index contributed by atoms with van der Waals surface area (Å²) in [7, 11) is 0. The van der Waals surface area contributed by atoms with Crippen molar-refractivity contribution in [2.45, 2.75) is 38.7 Å². The highest BCUT2D eigenvalue weighted by Gasteiger charge is 2.16. The van der Waals surface area contributed by atoms with Crippen molar-refractivity contribution in [1.29, 1.82) is 0 Å². The molecule has 1 fully saturated rings. The van der Waals surface area contributed by atoms with E-state index in [4.69, 9.17) is 9.36 Å². The molecule has 1 heterocycles. The van der Waals surface area contributed by atoms with E-state index in [1.54, 1.807) is 19.1 Å². The normalized spacial score (nSPS) is 15.7. The summed E-state index contributed by atoms with van der Waals surface area (Å²) >= 11 is 0. The van der Waals surface area contributed by atoms with Gasteiger partial charge in [0.25, 0.3) is 0 Å². The average Bonchev–Trinajstić information content (AvgIpc) is 3.09. The second kappa shape index (κ2) is 5.63. The molecule has 2 aromatic rings. The molecule has 20 heavy (non-hydrogen) atoms. The number of rotatable bonds is 4. The fraction of sp³-hybridized carbons (Fsp3) is 0.400. The third kappa shape index (κ3) is 2.67. The first-order valence-corrected chi connectivity index (χ1v) is 6.87. The molecule has 0 unspecified atom stereocenters.